The van der Waals surface area contributed by atoms with Crippen LogP contribution in [-0.2, 0) is 11.3 Å². The Morgan fingerprint density at radius 2 is 1.94 bits per heavy atom. The molecule has 0 bridgehead atoms. The van der Waals surface area contributed by atoms with E-state index in [-0.39, 0.29) is 24.1 Å². The Kier molecular flexibility index (Phi) is 5.30. The van der Waals surface area contributed by atoms with Crippen molar-refractivity contribution in [3.8, 4) is 11.5 Å². The van der Waals surface area contributed by atoms with E-state index in [0.717, 1.165) is 12.8 Å². The lowest BCUT2D eigenvalue weighted by Gasteiger charge is -2.26. The number of carbonyl (C=O) groups is 1. The molecule has 8 heteroatoms. The van der Waals surface area contributed by atoms with Crippen molar-refractivity contribution in [1.29, 1.82) is 0 Å². The van der Waals surface area contributed by atoms with Gasteiger partial charge < -0.3 is 24.1 Å². The van der Waals surface area contributed by atoms with Crippen molar-refractivity contribution in [2.24, 2.45) is 0 Å². The number of amides is 1. The zero-order valence-electron chi connectivity index (χ0n) is 17.0. The van der Waals surface area contributed by atoms with Gasteiger partial charge in [-0.25, -0.2) is 4.98 Å². The Balaban J connectivity index is 1.45. The molecule has 0 saturated carbocycles. The molecule has 2 aliphatic heterocycles. The van der Waals surface area contributed by atoms with E-state index in [0.29, 0.717) is 60.2 Å². The van der Waals surface area contributed by atoms with E-state index in [1.807, 2.05) is 6.07 Å². The van der Waals surface area contributed by atoms with Crippen LogP contribution >= 0.6 is 0 Å². The maximum absolute atomic E-state index is 13.4. The molecule has 0 unspecified atom stereocenters. The van der Waals surface area contributed by atoms with Crippen LogP contribution in [0.4, 0.5) is 0 Å². The van der Waals surface area contributed by atoms with Crippen molar-refractivity contribution in [2.45, 2.75) is 25.5 Å². The number of H-pyrrole nitrogens is 1. The molecule has 0 radical (unpaired) electrons. The van der Waals surface area contributed by atoms with Gasteiger partial charge in [-0.05, 0) is 43.2 Å². The lowest BCUT2D eigenvalue weighted by Crippen LogP contribution is -2.38. The predicted octanol–water partition coefficient (Wildman–Crippen LogP) is 2.52. The summed E-state index contributed by atoms with van der Waals surface area (Å²) in [7, 11) is 0. The second kappa shape index (κ2) is 8.39. The maximum Gasteiger partial charge on any atom is 0.258 e. The van der Waals surface area contributed by atoms with Crippen LogP contribution in [0.2, 0.25) is 0 Å². The fraction of sp³-hybridized carbons (Fsp3) is 0.348. The quantitative estimate of drug-likeness (QED) is 0.680. The second-order valence-electron chi connectivity index (χ2n) is 7.71. The fourth-order valence-corrected chi connectivity index (χ4v) is 4.00. The zero-order chi connectivity index (χ0) is 21.2. The van der Waals surface area contributed by atoms with Gasteiger partial charge in [0.05, 0.1) is 23.6 Å². The van der Waals surface area contributed by atoms with Crippen LogP contribution in [0.5, 0.6) is 11.5 Å². The van der Waals surface area contributed by atoms with Crippen LogP contribution in [0, 0.1) is 0 Å². The van der Waals surface area contributed by atoms with Gasteiger partial charge >= 0.3 is 0 Å². The van der Waals surface area contributed by atoms with Gasteiger partial charge in [0.25, 0.3) is 11.5 Å². The third-order valence-corrected chi connectivity index (χ3v) is 5.53. The SMILES string of the molecule is O=C(c1ccc2c(c1)OCCO2)N(Cc1nc2ccccc2c(=O)[nH]1)C[C@H]1CCCO1. The molecule has 8 nitrogen and oxygen atoms in total. The molecular weight excluding hydrogens is 398 g/mol. The lowest BCUT2D eigenvalue weighted by atomic mass is 10.1. The van der Waals surface area contributed by atoms with Crippen molar-refractivity contribution < 1.29 is 19.0 Å². The number of carbonyl (C=O) groups excluding carboxylic acids is 1. The molecule has 0 spiro atoms. The highest BCUT2D eigenvalue weighted by Gasteiger charge is 2.25. The normalized spacial score (nSPS) is 17.6. The van der Waals surface area contributed by atoms with Gasteiger partial charge in [0.1, 0.15) is 19.0 Å². The van der Waals surface area contributed by atoms with Crippen molar-refractivity contribution in [3.05, 3.63) is 64.2 Å². The van der Waals surface area contributed by atoms with E-state index in [9.17, 15) is 9.59 Å². The van der Waals surface area contributed by atoms with E-state index in [2.05, 4.69) is 9.97 Å². The highest BCUT2D eigenvalue weighted by Crippen LogP contribution is 2.31. The van der Waals surface area contributed by atoms with E-state index < -0.39 is 0 Å². The molecule has 5 rings (SSSR count). The average molecular weight is 421 g/mol. The van der Waals surface area contributed by atoms with Crippen LogP contribution < -0.4 is 15.0 Å². The first-order chi connectivity index (χ1) is 15.2. The van der Waals surface area contributed by atoms with Crippen molar-refractivity contribution in [3.63, 3.8) is 0 Å². The summed E-state index contributed by atoms with van der Waals surface area (Å²) in [6.45, 7) is 2.23. The van der Waals surface area contributed by atoms with Gasteiger partial charge in [-0.2, -0.15) is 0 Å². The summed E-state index contributed by atoms with van der Waals surface area (Å²) in [5, 5.41) is 0.523. The number of ether oxygens (including phenoxy) is 3. The molecule has 2 aromatic carbocycles. The molecule has 1 atom stereocenters. The monoisotopic (exact) mass is 421 g/mol. The Morgan fingerprint density at radius 1 is 1.10 bits per heavy atom. The topological polar surface area (TPSA) is 93.8 Å². The molecular formula is C23H23N3O5. The van der Waals surface area contributed by atoms with Crippen molar-refractivity contribution in [1.82, 2.24) is 14.9 Å². The first kappa shape index (κ1) is 19.6. The summed E-state index contributed by atoms with van der Waals surface area (Å²) in [5.41, 5.74) is 0.875. The molecule has 3 heterocycles. The van der Waals surface area contributed by atoms with E-state index in [4.69, 9.17) is 14.2 Å². The molecule has 1 aromatic heterocycles. The number of hydrogen-bond donors (Lipinski definition) is 1. The number of aromatic amines is 1. The third kappa shape index (κ3) is 4.11. The first-order valence-electron chi connectivity index (χ1n) is 10.5. The third-order valence-electron chi connectivity index (χ3n) is 5.53. The molecule has 1 amide bonds. The number of nitrogens with zero attached hydrogens (tertiary/aromatic N) is 2. The Labute approximate surface area is 178 Å². The minimum Gasteiger partial charge on any atom is -0.486 e. The second-order valence-corrected chi connectivity index (χ2v) is 7.71. The summed E-state index contributed by atoms with van der Waals surface area (Å²) in [4.78, 5) is 34.9. The van der Waals surface area contributed by atoms with E-state index >= 15 is 0 Å². The molecule has 2 aliphatic rings. The van der Waals surface area contributed by atoms with Crippen LogP contribution in [0.15, 0.2) is 47.3 Å². The minimum absolute atomic E-state index is 0.0339. The summed E-state index contributed by atoms with van der Waals surface area (Å²) in [5.74, 6) is 1.45. The number of benzene rings is 2. The van der Waals surface area contributed by atoms with Gasteiger partial charge in [0, 0.05) is 18.7 Å². The number of aromatic nitrogens is 2. The number of fused-ring (bicyclic) bond motifs is 2. The Morgan fingerprint density at radius 3 is 2.77 bits per heavy atom. The average Bonchev–Trinajstić information content (AvgIpc) is 3.31. The van der Waals surface area contributed by atoms with Crippen LogP contribution in [-0.4, -0.2) is 53.2 Å². The van der Waals surface area contributed by atoms with Gasteiger partial charge in [-0.1, -0.05) is 12.1 Å². The zero-order valence-corrected chi connectivity index (χ0v) is 17.0. The highest BCUT2D eigenvalue weighted by molar-refractivity contribution is 5.95. The van der Waals surface area contributed by atoms with Gasteiger partial charge in [0.2, 0.25) is 0 Å². The lowest BCUT2D eigenvalue weighted by molar-refractivity contribution is 0.0500. The minimum atomic E-state index is -0.218. The Bertz CT molecular complexity index is 1170. The summed E-state index contributed by atoms with van der Waals surface area (Å²) < 4.78 is 16.9. The summed E-state index contributed by atoms with van der Waals surface area (Å²) in [6, 6.07) is 12.3. The standard InChI is InChI=1S/C23H23N3O5/c27-22-17-5-1-2-6-18(17)24-21(25-22)14-26(13-16-4-3-9-29-16)23(28)15-7-8-19-20(12-15)31-11-10-30-19/h1-2,5-8,12,16H,3-4,9-11,13-14H2,(H,24,25,27)/t16-/m1/s1. The summed E-state index contributed by atoms with van der Waals surface area (Å²) >= 11 is 0. The smallest absolute Gasteiger partial charge is 0.258 e. The molecule has 1 saturated heterocycles. The van der Waals surface area contributed by atoms with Crippen LogP contribution in [0.25, 0.3) is 10.9 Å². The van der Waals surface area contributed by atoms with Gasteiger partial charge in [-0.3, -0.25) is 9.59 Å². The largest absolute Gasteiger partial charge is 0.486 e. The molecule has 1 fully saturated rings. The van der Waals surface area contributed by atoms with Crippen molar-refractivity contribution in [2.75, 3.05) is 26.4 Å². The molecule has 3 aromatic rings. The number of rotatable bonds is 5. The predicted molar refractivity (Wildman–Crippen MR) is 114 cm³/mol. The first-order valence-corrected chi connectivity index (χ1v) is 10.5. The van der Waals surface area contributed by atoms with E-state index in [1.54, 1.807) is 41.3 Å². The van der Waals surface area contributed by atoms with Crippen LogP contribution in [0.1, 0.15) is 29.0 Å². The summed E-state index contributed by atoms with van der Waals surface area (Å²) in [6.07, 6.45) is 1.84. The number of nitrogens with one attached hydrogen (secondary N) is 1. The fourth-order valence-electron chi connectivity index (χ4n) is 4.00. The highest BCUT2D eigenvalue weighted by atomic mass is 16.6. The Hall–Kier alpha value is -3.39. The van der Waals surface area contributed by atoms with Crippen molar-refractivity contribution >= 4 is 16.8 Å². The number of para-hydroxylation sites is 1. The molecule has 160 valence electrons. The van der Waals surface area contributed by atoms with E-state index in [1.165, 1.54) is 0 Å². The van der Waals surface area contributed by atoms with Crippen LogP contribution in [0.3, 0.4) is 0 Å². The van der Waals surface area contributed by atoms with Gasteiger partial charge in [-0.15, -0.1) is 0 Å². The molecule has 0 aliphatic carbocycles. The maximum atomic E-state index is 13.4. The molecule has 31 heavy (non-hydrogen) atoms. The molecule has 1 N–H and O–H groups in total. The van der Waals surface area contributed by atoms with Gasteiger partial charge in [0.15, 0.2) is 11.5 Å². The number of hydrogen-bond acceptors (Lipinski definition) is 6.